The van der Waals surface area contributed by atoms with Gasteiger partial charge in [-0.25, -0.2) is 0 Å². The lowest BCUT2D eigenvalue weighted by Crippen LogP contribution is -2.35. The Morgan fingerprint density at radius 1 is 1.50 bits per heavy atom. The molecule has 3 nitrogen and oxygen atoms in total. The van der Waals surface area contributed by atoms with E-state index in [1.807, 2.05) is 25.2 Å². The van der Waals surface area contributed by atoms with Crippen molar-refractivity contribution < 1.29 is 4.74 Å². The van der Waals surface area contributed by atoms with Crippen LogP contribution in [0.4, 0.5) is 5.69 Å². The quantitative estimate of drug-likeness (QED) is 0.789. The number of nitrogens with two attached hydrogens (primary N) is 1. The molecule has 1 aromatic carbocycles. The molecule has 78 valence electrons. The molecule has 1 rings (SSSR count). The monoisotopic (exact) mass is 194 g/mol. The normalized spacial score (nSPS) is 12.3. The Hall–Kier alpha value is -1.22. The van der Waals surface area contributed by atoms with Gasteiger partial charge in [0.15, 0.2) is 0 Å². The average molecular weight is 194 g/mol. The van der Waals surface area contributed by atoms with Gasteiger partial charge in [-0.1, -0.05) is 6.07 Å². The van der Waals surface area contributed by atoms with Crippen molar-refractivity contribution in [1.82, 2.24) is 0 Å². The number of hydrogen-bond acceptors (Lipinski definition) is 3. The zero-order chi connectivity index (χ0) is 10.6. The maximum atomic E-state index is 5.61. The number of ether oxygens (including phenoxy) is 1. The third kappa shape index (κ3) is 2.39. The highest BCUT2D eigenvalue weighted by molar-refractivity contribution is 5.50. The molecule has 1 aromatic rings. The smallest absolute Gasteiger partial charge is 0.120 e. The van der Waals surface area contributed by atoms with Gasteiger partial charge in [0.25, 0.3) is 0 Å². The molecule has 0 aliphatic heterocycles. The molecule has 0 aromatic heterocycles. The van der Waals surface area contributed by atoms with Crippen molar-refractivity contribution in [1.29, 1.82) is 0 Å². The summed E-state index contributed by atoms with van der Waals surface area (Å²) in [6.45, 7) is 2.74. The van der Waals surface area contributed by atoms with E-state index in [1.165, 1.54) is 0 Å². The van der Waals surface area contributed by atoms with Gasteiger partial charge in [0.05, 0.1) is 7.11 Å². The third-order valence-electron chi connectivity index (χ3n) is 2.46. The van der Waals surface area contributed by atoms with Gasteiger partial charge in [0.2, 0.25) is 0 Å². The fraction of sp³-hybridized carbons (Fsp3) is 0.455. The third-order valence-corrected chi connectivity index (χ3v) is 2.46. The molecule has 0 saturated carbocycles. The van der Waals surface area contributed by atoms with Crippen LogP contribution in [0.5, 0.6) is 5.75 Å². The molecule has 0 spiro atoms. The van der Waals surface area contributed by atoms with Crippen LogP contribution in [-0.4, -0.2) is 26.7 Å². The van der Waals surface area contributed by atoms with Crippen molar-refractivity contribution in [2.24, 2.45) is 5.73 Å². The largest absolute Gasteiger partial charge is 0.497 e. The predicted molar refractivity (Wildman–Crippen MR) is 59.9 cm³/mol. The standard InChI is InChI=1S/C11H18N2O/c1-9(8-12)13(2)10-5-4-6-11(7-10)14-3/h4-7,9H,8,12H2,1-3H3. The lowest BCUT2D eigenvalue weighted by molar-refractivity contribution is 0.414. The lowest BCUT2D eigenvalue weighted by Gasteiger charge is -2.26. The maximum Gasteiger partial charge on any atom is 0.120 e. The van der Waals surface area contributed by atoms with Crippen LogP contribution in [-0.2, 0) is 0 Å². The summed E-state index contributed by atoms with van der Waals surface area (Å²) in [7, 11) is 3.71. The van der Waals surface area contributed by atoms with E-state index in [0.717, 1.165) is 11.4 Å². The van der Waals surface area contributed by atoms with Crippen molar-refractivity contribution in [2.45, 2.75) is 13.0 Å². The van der Waals surface area contributed by atoms with Gasteiger partial charge in [-0.15, -0.1) is 0 Å². The summed E-state index contributed by atoms with van der Waals surface area (Å²) in [6.07, 6.45) is 0. The number of rotatable bonds is 4. The van der Waals surface area contributed by atoms with Gasteiger partial charge in [-0.2, -0.15) is 0 Å². The Bertz CT molecular complexity index is 288. The molecule has 0 heterocycles. The molecule has 3 heteroatoms. The van der Waals surface area contributed by atoms with E-state index in [0.29, 0.717) is 12.6 Å². The fourth-order valence-electron chi connectivity index (χ4n) is 1.24. The Balaban J connectivity index is 2.83. The molecular formula is C11H18N2O. The van der Waals surface area contributed by atoms with Crippen molar-refractivity contribution in [2.75, 3.05) is 25.6 Å². The van der Waals surface area contributed by atoms with Crippen LogP contribution in [0.1, 0.15) is 6.92 Å². The number of benzene rings is 1. The molecule has 14 heavy (non-hydrogen) atoms. The predicted octanol–water partition coefficient (Wildman–Crippen LogP) is 1.48. The van der Waals surface area contributed by atoms with Crippen LogP contribution in [0.15, 0.2) is 24.3 Å². The number of nitrogens with zero attached hydrogens (tertiary/aromatic N) is 1. The summed E-state index contributed by atoms with van der Waals surface area (Å²) in [4.78, 5) is 2.14. The summed E-state index contributed by atoms with van der Waals surface area (Å²) >= 11 is 0. The summed E-state index contributed by atoms with van der Waals surface area (Å²) < 4.78 is 5.16. The van der Waals surface area contributed by atoms with Crippen molar-refractivity contribution >= 4 is 5.69 Å². The van der Waals surface area contributed by atoms with E-state index in [1.54, 1.807) is 7.11 Å². The Labute approximate surface area is 85.5 Å². The molecular weight excluding hydrogens is 176 g/mol. The van der Waals surface area contributed by atoms with Gasteiger partial charge in [-0.3, -0.25) is 0 Å². The second-order valence-corrected chi connectivity index (χ2v) is 3.40. The minimum absolute atomic E-state index is 0.335. The van der Waals surface area contributed by atoms with Crippen LogP contribution in [0.25, 0.3) is 0 Å². The zero-order valence-corrected chi connectivity index (χ0v) is 9.03. The summed E-state index contributed by atoms with van der Waals surface area (Å²) in [5.74, 6) is 0.874. The highest BCUT2D eigenvalue weighted by Crippen LogP contribution is 2.20. The van der Waals surface area contributed by atoms with Gasteiger partial charge in [0.1, 0.15) is 5.75 Å². The average Bonchev–Trinajstić information content (AvgIpc) is 2.27. The molecule has 0 saturated heterocycles. The molecule has 0 fully saturated rings. The maximum absolute atomic E-state index is 5.61. The van der Waals surface area contributed by atoms with Crippen LogP contribution in [0.3, 0.4) is 0 Å². The molecule has 1 atom stereocenters. The number of methoxy groups -OCH3 is 1. The minimum atomic E-state index is 0.335. The minimum Gasteiger partial charge on any atom is -0.497 e. The Morgan fingerprint density at radius 2 is 2.21 bits per heavy atom. The highest BCUT2D eigenvalue weighted by atomic mass is 16.5. The first-order valence-corrected chi connectivity index (χ1v) is 4.76. The summed E-state index contributed by atoms with van der Waals surface area (Å²) in [5, 5.41) is 0. The number of anilines is 1. The van der Waals surface area contributed by atoms with E-state index < -0.39 is 0 Å². The van der Waals surface area contributed by atoms with Crippen LogP contribution in [0.2, 0.25) is 0 Å². The van der Waals surface area contributed by atoms with Gasteiger partial charge in [-0.05, 0) is 19.1 Å². The second-order valence-electron chi connectivity index (χ2n) is 3.40. The van der Waals surface area contributed by atoms with Crippen LogP contribution >= 0.6 is 0 Å². The van der Waals surface area contributed by atoms with E-state index in [4.69, 9.17) is 10.5 Å². The van der Waals surface area contributed by atoms with Crippen molar-refractivity contribution in [3.05, 3.63) is 24.3 Å². The van der Waals surface area contributed by atoms with Crippen LogP contribution < -0.4 is 15.4 Å². The molecule has 2 N–H and O–H groups in total. The first kappa shape index (κ1) is 10.9. The van der Waals surface area contributed by atoms with Crippen LogP contribution in [0, 0.1) is 0 Å². The van der Waals surface area contributed by atoms with Crippen molar-refractivity contribution in [3.8, 4) is 5.75 Å². The second kappa shape index (κ2) is 4.86. The van der Waals surface area contributed by atoms with Gasteiger partial charge in [0, 0.05) is 31.4 Å². The highest BCUT2D eigenvalue weighted by Gasteiger charge is 2.08. The summed E-state index contributed by atoms with van der Waals surface area (Å²) in [5.41, 5.74) is 6.74. The summed E-state index contributed by atoms with van der Waals surface area (Å²) in [6, 6.07) is 8.31. The molecule has 0 amide bonds. The van der Waals surface area contributed by atoms with E-state index in [2.05, 4.69) is 17.9 Å². The topological polar surface area (TPSA) is 38.5 Å². The zero-order valence-electron chi connectivity index (χ0n) is 9.03. The van der Waals surface area contributed by atoms with Crippen molar-refractivity contribution in [3.63, 3.8) is 0 Å². The Morgan fingerprint density at radius 3 is 2.79 bits per heavy atom. The molecule has 0 aliphatic rings. The molecule has 0 radical (unpaired) electrons. The first-order valence-electron chi connectivity index (χ1n) is 4.76. The van der Waals surface area contributed by atoms with E-state index in [9.17, 15) is 0 Å². The lowest BCUT2D eigenvalue weighted by atomic mass is 10.2. The SMILES string of the molecule is COc1cccc(N(C)C(C)CN)c1. The fourth-order valence-corrected chi connectivity index (χ4v) is 1.24. The van der Waals surface area contributed by atoms with Gasteiger partial charge < -0.3 is 15.4 Å². The number of likely N-dealkylation sites (N-methyl/N-ethyl adjacent to an activating group) is 1. The number of hydrogen-bond donors (Lipinski definition) is 1. The first-order chi connectivity index (χ1) is 6.69. The molecule has 0 bridgehead atoms. The van der Waals surface area contributed by atoms with Gasteiger partial charge >= 0.3 is 0 Å². The van der Waals surface area contributed by atoms with E-state index in [-0.39, 0.29) is 0 Å². The Kier molecular flexibility index (Phi) is 3.77. The van der Waals surface area contributed by atoms with E-state index >= 15 is 0 Å². The molecule has 0 aliphatic carbocycles. The molecule has 1 unspecified atom stereocenters.